The lowest BCUT2D eigenvalue weighted by Crippen LogP contribution is -2.10. The first-order valence-electron chi connectivity index (χ1n) is 4.01. The maximum Gasteiger partial charge on any atom is 0.378 e. The molecule has 0 atom stereocenters. The molecule has 0 saturated heterocycles. The molecule has 13 heavy (non-hydrogen) atoms. The fourth-order valence-corrected chi connectivity index (χ4v) is 2.03. The van der Waals surface area contributed by atoms with Gasteiger partial charge in [-0.25, -0.2) is 4.79 Å². The number of carbonyl (C=O) groups is 2. The summed E-state index contributed by atoms with van der Waals surface area (Å²) in [6.45, 7) is 2.04. The first-order chi connectivity index (χ1) is 6.15. The third-order valence-corrected chi connectivity index (χ3v) is 2.72. The van der Waals surface area contributed by atoms with Crippen LogP contribution in [0.4, 0.5) is 0 Å². The molecule has 1 rings (SSSR count). The van der Waals surface area contributed by atoms with Crippen molar-refractivity contribution < 1.29 is 14.7 Å². The van der Waals surface area contributed by atoms with Gasteiger partial charge in [0.25, 0.3) is 5.78 Å². The lowest BCUT2D eigenvalue weighted by Gasteiger charge is -1.89. The Hall–Kier alpha value is -1.16. The Labute approximate surface area is 80.0 Å². The zero-order valence-electron chi connectivity index (χ0n) is 7.24. The Morgan fingerprint density at radius 3 is 2.69 bits per heavy atom. The van der Waals surface area contributed by atoms with Crippen molar-refractivity contribution >= 4 is 23.1 Å². The van der Waals surface area contributed by atoms with Gasteiger partial charge in [0.05, 0.1) is 4.88 Å². The van der Waals surface area contributed by atoms with Crippen molar-refractivity contribution in [1.82, 2.24) is 0 Å². The predicted octanol–water partition coefficient (Wildman–Crippen LogP) is 1.97. The summed E-state index contributed by atoms with van der Waals surface area (Å²) in [6, 6.07) is 3.39. The summed E-state index contributed by atoms with van der Waals surface area (Å²) < 4.78 is 0. The molecule has 1 aromatic heterocycles. The number of Topliss-reactive ketones (excluding diaryl/α,β-unsaturated/α-hetero) is 1. The van der Waals surface area contributed by atoms with Crippen LogP contribution in [0, 0.1) is 0 Å². The second-order valence-corrected chi connectivity index (χ2v) is 3.82. The number of carbonyl (C=O) groups excluding carboxylic acids is 1. The number of carboxylic acids is 1. The largest absolute Gasteiger partial charge is 0.475 e. The standard InChI is InChI=1S/C9H10O3S/c1-2-3-6-4-5-7(13-6)8(10)9(11)12/h4-5H,2-3H2,1H3,(H,11,12). The second kappa shape index (κ2) is 4.18. The topological polar surface area (TPSA) is 54.4 Å². The average Bonchev–Trinajstić information content (AvgIpc) is 2.52. The molecule has 3 nitrogen and oxygen atoms in total. The molecule has 70 valence electrons. The van der Waals surface area contributed by atoms with Gasteiger partial charge in [-0.3, -0.25) is 4.79 Å². The molecule has 1 N–H and O–H groups in total. The van der Waals surface area contributed by atoms with Gasteiger partial charge in [0.2, 0.25) is 0 Å². The van der Waals surface area contributed by atoms with Gasteiger partial charge in [-0.15, -0.1) is 11.3 Å². The summed E-state index contributed by atoms with van der Waals surface area (Å²) in [6.07, 6.45) is 1.90. The molecule has 0 radical (unpaired) electrons. The van der Waals surface area contributed by atoms with Crippen molar-refractivity contribution in [2.75, 3.05) is 0 Å². The first kappa shape index (κ1) is 9.92. The van der Waals surface area contributed by atoms with Gasteiger partial charge in [-0.05, 0) is 18.6 Å². The van der Waals surface area contributed by atoms with Crippen molar-refractivity contribution in [3.05, 3.63) is 21.9 Å². The number of aryl methyl sites for hydroxylation is 1. The number of carboxylic acid groups (broad SMARTS) is 1. The summed E-state index contributed by atoms with van der Waals surface area (Å²) in [5.41, 5.74) is 0. The summed E-state index contributed by atoms with van der Waals surface area (Å²) in [4.78, 5) is 22.7. The van der Waals surface area contributed by atoms with Gasteiger partial charge < -0.3 is 5.11 Å². The summed E-state index contributed by atoms with van der Waals surface area (Å²) in [5.74, 6) is -2.20. The molecule has 0 aliphatic carbocycles. The van der Waals surface area contributed by atoms with Gasteiger partial charge in [0.15, 0.2) is 0 Å². The predicted molar refractivity (Wildman–Crippen MR) is 50.3 cm³/mol. The van der Waals surface area contributed by atoms with Crippen LogP contribution in [0.1, 0.15) is 27.9 Å². The van der Waals surface area contributed by atoms with E-state index in [9.17, 15) is 9.59 Å². The van der Waals surface area contributed by atoms with E-state index in [0.29, 0.717) is 4.88 Å². The summed E-state index contributed by atoms with van der Waals surface area (Å²) in [7, 11) is 0. The lowest BCUT2D eigenvalue weighted by molar-refractivity contribution is -0.131. The molecular formula is C9H10O3S. The number of aliphatic carboxylic acids is 1. The third kappa shape index (κ3) is 2.39. The maximum atomic E-state index is 11.0. The lowest BCUT2D eigenvalue weighted by atomic mass is 10.3. The van der Waals surface area contributed by atoms with Crippen molar-refractivity contribution in [3.63, 3.8) is 0 Å². The number of rotatable bonds is 4. The second-order valence-electron chi connectivity index (χ2n) is 2.65. The fourth-order valence-electron chi connectivity index (χ4n) is 0.986. The SMILES string of the molecule is CCCc1ccc(C(=O)C(=O)O)s1. The van der Waals surface area contributed by atoms with Crippen LogP contribution < -0.4 is 0 Å². The molecule has 0 unspecified atom stereocenters. The van der Waals surface area contributed by atoms with Gasteiger partial charge >= 0.3 is 5.97 Å². The van der Waals surface area contributed by atoms with Crippen LogP contribution in [0.5, 0.6) is 0 Å². The van der Waals surface area contributed by atoms with Crippen LogP contribution >= 0.6 is 11.3 Å². The molecule has 0 amide bonds. The average molecular weight is 198 g/mol. The van der Waals surface area contributed by atoms with Gasteiger partial charge in [0, 0.05) is 4.88 Å². The Bertz CT molecular complexity index is 327. The van der Waals surface area contributed by atoms with E-state index < -0.39 is 11.8 Å². The quantitative estimate of drug-likeness (QED) is 0.594. The molecule has 0 aliphatic heterocycles. The highest BCUT2D eigenvalue weighted by Crippen LogP contribution is 2.18. The van der Waals surface area contributed by atoms with Gasteiger partial charge in [0.1, 0.15) is 0 Å². The van der Waals surface area contributed by atoms with Crippen LogP contribution in [0.2, 0.25) is 0 Å². The minimum atomic E-state index is -1.38. The minimum absolute atomic E-state index is 0.316. The normalized spacial score (nSPS) is 9.92. The van der Waals surface area contributed by atoms with E-state index in [-0.39, 0.29) is 0 Å². The van der Waals surface area contributed by atoms with Crippen molar-refractivity contribution in [1.29, 1.82) is 0 Å². The maximum absolute atomic E-state index is 11.0. The molecule has 1 aromatic rings. The summed E-state index contributed by atoms with van der Waals surface area (Å²) in [5, 5.41) is 8.43. The van der Waals surface area contributed by atoms with Crippen LogP contribution in [-0.2, 0) is 11.2 Å². The molecule has 0 saturated carbocycles. The van der Waals surface area contributed by atoms with E-state index in [4.69, 9.17) is 5.11 Å². The van der Waals surface area contributed by atoms with E-state index >= 15 is 0 Å². The molecule has 0 spiro atoms. The van der Waals surface area contributed by atoms with Crippen LogP contribution in [0.15, 0.2) is 12.1 Å². The molecule has 0 aliphatic rings. The van der Waals surface area contributed by atoms with Gasteiger partial charge in [-0.2, -0.15) is 0 Å². The van der Waals surface area contributed by atoms with Crippen molar-refractivity contribution in [2.24, 2.45) is 0 Å². The van der Waals surface area contributed by atoms with E-state index in [2.05, 4.69) is 0 Å². The molecular weight excluding hydrogens is 188 g/mol. The molecule has 4 heteroatoms. The van der Waals surface area contributed by atoms with Crippen molar-refractivity contribution in [2.45, 2.75) is 19.8 Å². The van der Waals surface area contributed by atoms with Crippen LogP contribution in [-0.4, -0.2) is 16.9 Å². The van der Waals surface area contributed by atoms with E-state index in [0.717, 1.165) is 17.7 Å². The Morgan fingerprint density at radius 2 is 2.15 bits per heavy atom. The zero-order chi connectivity index (χ0) is 9.84. The minimum Gasteiger partial charge on any atom is -0.475 e. The number of hydrogen-bond donors (Lipinski definition) is 1. The smallest absolute Gasteiger partial charge is 0.378 e. The third-order valence-electron chi connectivity index (χ3n) is 1.58. The Balaban J connectivity index is 2.79. The number of ketones is 1. The highest BCUT2D eigenvalue weighted by molar-refractivity contribution is 7.14. The van der Waals surface area contributed by atoms with Crippen molar-refractivity contribution in [3.8, 4) is 0 Å². The number of hydrogen-bond acceptors (Lipinski definition) is 3. The summed E-state index contributed by atoms with van der Waals surface area (Å²) >= 11 is 1.26. The molecule has 0 bridgehead atoms. The van der Waals surface area contributed by atoms with E-state index in [1.54, 1.807) is 6.07 Å². The zero-order valence-corrected chi connectivity index (χ0v) is 8.06. The molecule has 0 aromatic carbocycles. The van der Waals surface area contributed by atoms with Crippen LogP contribution in [0.25, 0.3) is 0 Å². The van der Waals surface area contributed by atoms with Gasteiger partial charge in [-0.1, -0.05) is 13.3 Å². The highest BCUT2D eigenvalue weighted by Gasteiger charge is 2.16. The van der Waals surface area contributed by atoms with E-state index in [1.165, 1.54) is 11.3 Å². The van der Waals surface area contributed by atoms with E-state index in [1.807, 2.05) is 13.0 Å². The Kier molecular flexibility index (Phi) is 3.19. The fraction of sp³-hybridized carbons (Fsp3) is 0.333. The first-order valence-corrected chi connectivity index (χ1v) is 4.83. The molecule has 1 heterocycles. The monoisotopic (exact) mass is 198 g/mol. The Morgan fingerprint density at radius 1 is 1.46 bits per heavy atom. The number of thiophene rings is 1. The highest BCUT2D eigenvalue weighted by atomic mass is 32.1. The van der Waals surface area contributed by atoms with Crippen LogP contribution in [0.3, 0.4) is 0 Å². The molecule has 0 fully saturated rings.